The number of thiophene rings is 2. The maximum Gasteiger partial charge on any atom is 0.305 e. The summed E-state index contributed by atoms with van der Waals surface area (Å²) in [6, 6.07) is 6.12. The summed E-state index contributed by atoms with van der Waals surface area (Å²) in [5.74, 6) is -2.02. The van der Waals surface area contributed by atoms with Crippen LogP contribution in [0.5, 0.6) is 0 Å². The second-order valence-corrected chi connectivity index (χ2v) is 13.0. The first kappa shape index (κ1) is 25.8. The number of carbonyl (C=O) groups is 3. The highest BCUT2D eigenvalue weighted by Gasteiger charge is 2.47. The molecule has 1 saturated carbocycles. The van der Waals surface area contributed by atoms with Crippen LogP contribution in [0.2, 0.25) is 0 Å². The summed E-state index contributed by atoms with van der Waals surface area (Å²) in [5, 5.41) is 15.8. The molecule has 2 amide bonds. The van der Waals surface area contributed by atoms with Gasteiger partial charge in [-0.25, -0.2) is 8.42 Å². The molecular weight excluding hydrogens is 510 g/mol. The van der Waals surface area contributed by atoms with E-state index >= 15 is 0 Å². The summed E-state index contributed by atoms with van der Waals surface area (Å²) >= 11 is 2.46. The van der Waals surface area contributed by atoms with E-state index in [1.807, 2.05) is 17.5 Å². The molecule has 1 saturated heterocycles. The average Bonchev–Trinajstić information content (AvgIpc) is 3.60. The van der Waals surface area contributed by atoms with Crippen LogP contribution in [-0.4, -0.2) is 65.8 Å². The number of carboxylic acid groups (broad SMARTS) is 1. The van der Waals surface area contributed by atoms with Gasteiger partial charge >= 0.3 is 5.97 Å². The molecule has 0 spiro atoms. The summed E-state index contributed by atoms with van der Waals surface area (Å²) in [5.41, 5.74) is 0. The Balaban J connectivity index is 1.61. The quantitative estimate of drug-likeness (QED) is 0.505. The van der Waals surface area contributed by atoms with E-state index in [-0.39, 0.29) is 42.0 Å². The van der Waals surface area contributed by atoms with Gasteiger partial charge in [-0.05, 0) is 41.7 Å². The van der Waals surface area contributed by atoms with Crippen LogP contribution >= 0.6 is 22.7 Å². The van der Waals surface area contributed by atoms with Crippen molar-refractivity contribution in [1.82, 2.24) is 14.5 Å². The Bertz CT molecular complexity index is 1130. The van der Waals surface area contributed by atoms with Crippen molar-refractivity contribution in [3.05, 3.63) is 39.9 Å². The van der Waals surface area contributed by atoms with E-state index < -0.39 is 34.1 Å². The minimum Gasteiger partial charge on any atom is -0.481 e. The van der Waals surface area contributed by atoms with Gasteiger partial charge in [0, 0.05) is 24.0 Å². The Morgan fingerprint density at radius 1 is 1.06 bits per heavy atom. The first-order valence-electron chi connectivity index (χ1n) is 11.7. The van der Waals surface area contributed by atoms with Gasteiger partial charge in [-0.2, -0.15) is 4.31 Å². The lowest BCUT2D eigenvalue weighted by atomic mass is 9.82. The van der Waals surface area contributed by atoms with Crippen LogP contribution < -0.4 is 5.32 Å². The molecule has 9 nitrogen and oxygen atoms in total. The standard InChI is InChI=1S/C23H29N3O6S3/c27-19(14-17-8-4-12-33-17)25-10-11-26(35(31,32)21-9-5-13-34-21)23(25)22(30)24-18(15-20(28)29)16-6-2-1-3-7-16/h4-5,8-9,12-13,16,18,23H,1-3,6-7,10-11,14-15H2,(H,24,30)(H,28,29). The minimum atomic E-state index is -4.02. The molecular formula is C23H29N3O6S3. The van der Waals surface area contributed by atoms with Gasteiger partial charge in [0.15, 0.2) is 6.17 Å². The van der Waals surface area contributed by atoms with Gasteiger partial charge in [-0.1, -0.05) is 31.4 Å². The third-order valence-electron chi connectivity index (χ3n) is 6.59. The summed E-state index contributed by atoms with van der Waals surface area (Å²) in [6.07, 6.45) is 3.07. The fraction of sp³-hybridized carbons (Fsp3) is 0.522. The van der Waals surface area contributed by atoms with Gasteiger partial charge in [-0.15, -0.1) is 22.7 Å². The number of rotatable bonds is 9. The van der Waals surface area contributed by atoms with Gasteiger partial charge in [-0.3, -0.25) is 14.4 Å². The molecule has 1 aliphatic heterocycles. The summed E-state index contributed by atoms with van der Waals surface area (Å²) in [6.45, 7) is 0.0709. The molecule has 2 aromatic heterocycles. The van der Waals surface area contributed by atoms with Gasteiger partial charge in [0.25, 0.3) is 15.9 Å². The second kappa shape index (κ2) is 11.2. The van der Waals surface area contributed by atoms with Crippen LogP contribution in [0, 0.1) is 5.92 Å². The molecule has 2 fully saturated rings. The molecule has 35 heavy (non-hydrogen) atoms. The minimum absolute atomic E-state index is 0.00262. The molecule has 2 aliphatic rings. The van der Waals surface area contributed by atoms with Crippen LogP contribution in [0.25, 0.3) is 0 Å². The molecule has 190 valence electrons. The van der Waals surface area contributed by atoms with Crippen LogP contribution in [0.3, 0.4) is 0 Å². The zero-order valence-corrected chi connectivity index (χ0v) is 21.6. The SMILES string of the molecule is O=C(O)CC(NC(=O)C1N(C(=O)Cc2cccs2)CCN1S(=O)(=O)c1cccs1)C1CCCCC1. The van der Waals surface area contributed by atoms with Crippen molar-refractivity contribution in [2.45, 2.75) is 61.4 Å². The van der Waals surface area contributed by atoms with Crippen molar-refractivity contribution >= 4 is 50.5 Å². The summed E-state index contributed by atoms with van der Waals surface area (Å²) < 4.78 is 27.9. The highest BCUT2D eigenvalue weighted by atomic mass is 32.2. The summed E-state index contributed by atoms with van der Waals surface area (Å²) in [7, 11) is -4.02. The molecule has 2 aromatic rings. The predicted octanol–water partition coefficient (Wildman–Crippen LogP) is 2.75. The lowest BCUT2D eigenvalue weighted by Crippen LogP contribution is -2.57. The van der Waals surface area contributed by atoms with E-state index in [0.717, 1.165) is 52.6 Å². The highest BCUT2D eigenvalue weighted by Crippen LogP contribution is 2.30. The molecule has 3 heterocycles. The van der Waals surface area contributed by atoms with E-state index in [4.69, 9.17) is 0 Å². The molecule has 1 aliphatic carbocycles. The number of sulfonamides is 1. The normalized spacial score (nSPS) is 20.6. The van der Waals surface area contributed by atoms with Gasteiger partial charge in [0.2, 0.25) is 5.91 Å². The smallest absolute Gasteiger partial charge is 0.305 e. The van der Waals surface area contributed by atoms with Crippen molar-refractivity contribution in [2.24, 2.45) is 5.92 Å². The van der Waals surface area contributed by atoms with Crippen LogP contribution in [0.15, 0.2) is 39.2 Å². The van der Waals surface area contributed by atoms with Crippen molar-refractivity contribution in [3.8, 4) is 0 Å². The highest BCUT2D eigenvalue weighted by molar-refractivity contribution is 7.91. The van der Waals surface area contributed by atoms with E-state index in [2.05, 4.69) is 5.32 Å². The number of carbonyl (C=O) groups excluding carboxylic acids is 2. The number of nitrogens with zero attached hydrogens (tertiary/aromatic N) is 2. The molecule has 0 radical (unpaired) electrons. The van der Waals surface area contributed by atoms with Crippen LogP contribution in [0.4, 0.5) is 0 Å². The maximum atomic E-state index is 13.6. The van der Waals surface area contributed by atoms with E-state index in [9.17, 15) is 27.9 Å². The van der Waals surface area contributed by atoms with Crippen LogP contribution in [-0.2, 0) is 30.8 Å². The lowest BCUT2D eigenvalue weighted by Gasteiger charge is -2.33. The van der Waals surface area contributed by atoms with Gasteiger partial charge in [0.1, 0.15) is 4.21 Å². The monoisotopic (exact) mass is 539 g/mol. The average molecular weight is 540 g/mol. The number of hydrogen-bond acceptors (Lipinski definition) is 7. The fourth-order valence-electron chi connectivity index (χ4n) is 4.90. The van der Waals surface area contributed by atoms with E-state index in [1.165, 1.54) is 22.3 Å². The number of carboxylic acids is 1. The topological polar surface area (TPSA) is 124 Å². The molecule has 0 aromatic carbocycles. The number of nitrogens with one attached hydrogen (secondary N) is 1. The lowest BCUT2D eigenvalue weighted by molar-refractivity contribution is -0.142. The first-order chi connectivity index (χ1) is 16.8. The first-order valence-corrected chi connectivity index (χ1v) is 14.9. The van der Waals surface area contributed by atoms with E-state index in [0.29, 0.717) is 0 Å². The molecule has 2 atom stereocenters. The van der Waals surface area contributed by atoms with Gasteiger partial charge in [0.05, 0.1) is 12.8 Å². The third kappa shape index (κ3) is 5.93. The predicted molar refractivity (Wildman–Crippen MR) is 132 cm³/mol. The van der Waals surface area contributed by atoms with Gasteiger partial charge < -0.3 is 15.3 Å². The Morgan fingerprint density at radius 3 is 2.40 bits per heavy atom. The van der Waals surface area contributed by atoms with E-state index in [1.54, 1.807) is 11.4 Å². The zero-order chi connectivity index (χ0) is 25.0. The zero-order valence-electron chi connectivity index (χ0n) is 19.2. The summed E-state index contributed by atoms with van der Waals surface area (Å²) in [4.78, 5) is 40.5. The molecule has 0 bridgehead atoms. The van der Waals surface area contributed by atoms with Crippen molar-refractivity contribution in [1.29, 1.82) is 0 Å². The molecule has 12 heteroatoms. The fourth-order valence-corrected chi connectivity index (χ4v) is 8.26. The molecule has 2 N–H and O–H groups in total. The number of aliphatic carboxylic acids is 1. The van der Waals surface area contributed by atoms with Crippen LogP contribution in [0.1, 0.15) is 43.4 Å². The molecule has 4 rings (SSSR count). The van der Waals surface area contributed by atoms with Crippen molar-refractivity contribution in [3.63, 3.8) is 0 Å². The van der Waals surface area contributed by atoms with Crippen molar-refractivity contribution < 1.29 is 27.9 Å². The Kier molecular flexibility index (Phi) is 8.25. The number of hydrogen-bond donors (Lipinski definition) is 2. The Hall–Kier alpha value is -2.28. The largest absolute Gasteiger partial charge is 0.481 e. The Labute approximate surface area is 212 Å². The maximum absolute atomic E-state index is 13.6. The second-order valence-electron chi connectivity index (χ2n) is 8.88. The third-order valence-corrected chi connectivity index (χ3v) is 10.7. The van der Waals surface area contributed by atoms with Crippen molar-refractivity contribution in [2.75, 3.05) is 13.1 Å². The number of amides is 2. The Morgan fingerprint density at radius 2 is 1.77 bits per heavy atom. The molecule has 2 unspecified atom stereocenters.